The van der Waals surface area contributed by atoms with Crippen molar-refractivity contribution >= 4 is 5.91 Å². The van der Waals surface area contributed by atoms with Crippen LogP contribution in [0, 0.1) is 11.8 Å². The van der Waals surface area contributed by atoms with Gasteiger partial charge in [-0.25, -0.2) is 0 Å². The second-order valence-corrected chi connectivity index (χ2v) is 6.32. The van der Waals surface area contributed by atoms with Crippen LogP contribution in [0.1, 0.15) is 38.3 Å². The van der Waals surface area contributed by atoms with Gasteiger partial charge in [0.1, 0.15) is 0 Å². The van der Waals surface area contributed by atoms with Crippen molar-refractivity contribution in [3.63, 3.8) is 0 Å². The third-order valence-electron chi connectivity index (χ3n) is 3.80. The minimum absolute atomic E-state index is 0.279. The molecule has 1 amide bonds. The predicted octanol–water partition coefficient (Wildman–Crippen LogP) is 3.30. The number of carbonyl (C=O) groups is 1. The van der Waals surface area contributed by atoms with Crippen LogP contribution in [0.25, 0.3) is 0 Å². The summed E-state index contributed by atoms with van der Waals surface area (Å²) in [6.45, 7) is 8.54. The van der Waals surface area contributed by atoms with Crippen LogP contribution in [0.15, 0.2) is 24.3 Å². The average molecular weight is 259 g/mol. The van der Waals surface area contributed by atoms with Gasteiger partial charge in [-0.05, 0) is 35.8 Å². The molecule has 104 valence electrons. The van der Waals surface area contributed by atoms with E-state index in [9.17, 15) is 4.79 Å². The van der Waals surface area contributed by atoms with Crippen LogP contribution >= 0.6 is 0 Å². The highest BCUT2D eigenvalue weighted by Crippen LogP contribution is 2.17. The van der Waals surface area contributed by atoms with Crippen molar-refractivity contribution in [1.29, 1.82) is 0 Å². The molecule has 1 fully saturated rings. The number of nitrogens with zero attached hydrogens (tertiary/aromatic N) is 1. The molecule has 0 saturated carbocycles. The van der Waals surface area contributed by atoms with Gasteiger partial charge in [-0.3, -0.25) is 4.79 Å². The Balaban J connectivity index is 1.90. The van der Waals surface area contributed by atoms with Crippen molar-refractivity contribution in [2.75, 3.05) is 13.1 Å². The van der Waals surface area contributed by atoms with Crippen molar-refractivity contribution < 1.29 is 4.79 Å². The molecule has 2 heteroatoms. The first-order valence-electron chi connectivity index (χ1n) is 7.40. The molecule has 1 aliphatic heterocycles. The maximum atomic E-state index is 12.1. The van der Waals surface area contributed by atoms with Gasteiger partial charge in [0.2, 0.25) is 5.91 Å². The standard InChI is InChI=1S/C17H25NO/c1-13(2)10-15-4-6-16(7-5-15)11-17(19)18-9-8-14(3)12-18/h4-7,13-14H,8-12H2,1-3H3. The van der Waals surface area contributed by atoms with E-state index in [1.165, 1.54) is 5.56 Å². The maximum absolute atomic E-state index is 12.1. The lowest BCUT2D eigenvalue weighted by atomic mass is 10.0. The highest BCUT2D eigenvalue weighted by molar-refractivity contribution is 5.79. The first-order chi connectivity index (χ1) is 9.04. The van der Waals surface area contributed by atoms with Crippen molar-refractivity contribution in [3.05, 3.63) is 35.4 Å². The molecule has 1 aliphatic rings. The zero-order chi connectivity index (χ0) is 13.8. The smallest absolute Gasteiger partial charge is 0.226 e. The second kappa shape index (κ2) is 6.23. The van der Waals surface area contributed by atoms with E-state index in [-0.39, 0.29) is 5.91 Å². The lowest BCUT2D eigenvalue weighted by molar-refractivity contribution is -0.129. The van der Waals surface area contributed by atoms with Crippen LogP contribution in [-0.4, -0.2) is 23.9 Å². The summed E-state index contributed by atoms with van der Waals surface area (Å²) >= 11 is 0. The zero-order valence-electron chi connectivity index (χ0n) is 12.4. The number of benzene rings is 1. The van der Waals surface area contributed by atoms with Gasteiger partial charge in [-0.1, -0.05) is 45.0 Å². The molecule has 0 radical (unpaired) electrons. The van der Waals surface area contributed by atoms with E-state index in [4.69, 9.17) is 0 Å². The molecule has 0 aromatic heterocycles. The van der Waals surface area contributed by atoms with E-state index < -0.39 is 0 Å². The first kappa shape index (κ1) is 14.1. The van der Waals surface area contributed by atoms with Crippen molar-refractivity contribution in [2.24, 2.45) is 11.8 Å². The number of rotatable bonds is 4. The Bertz CT molecular complexity index is 421. The van der Waals surface area contributed by atoms with Crippen molar-refractivity contribution in [2.45, 2.75) is 40.0 Å². The molecule has 0 N–H and O–H groups in total. The Kier molecular flexibility index (Phi) is 4.62. The molecule has 0 bridgehead atoms. The van der Waals surface area contributed by atoms with E-state index in [1.807, 2.05) is 4.90 Å². The lowest BCUT2D eigenvalue weighted by Crippen LogP contribution is -2.29. The maximum Gasteiger partial charge on any atom is 0.226 e. The summed E-state index contributed by atoms with van der Waals surface area (Å²) < 4.78 is 0. The third kappa shape index (κ3) is 4.09. The molecule has 1 aromatic carbocycles. The molecule has 2 nitrogen and oxygen atoms in total. The fourth-order valence-electron chi connectivity index (χ4n) is 2.71. The summed E-state index contributed by atoms with van der Waals surface area (Å²) in [6.07, 6.45) is 2.81. The van der Waals surface area contributed by atoms with Gasteiger partial charge in [0.05, 0.1) is 6.42 Å². The van der Waals surface area contributed by atoms with Crippen LogP contribution < -0.4 is 0 Å². The fourth-order valence-corrected chi connectivity index (χ4v) is 2.71. The molecule has 0 spiro atoms. The molecule has 1 heterocycles. The summed E-state index contributed by atoms with van der Waals surface area (Å²) in [5.41, 5.74) is 2.50. The summed E-state index contributed by atoms with van der Waals surface area (Å²) in [6, 6.07) is 8.54. The lowest BCUT2D eigenvalue weighted by Gasteiger charge is -2.16. The quantitative estimate of drug-likeness (QED) is 0.812. The van der Waals surface area contributed by atoms with Crippen LogP contribution in [0.3, 0.4) is 0 Å². The Morgan fingerprint density at radius 1 is 1.26 bits per heavy atom. The van der Waals surface area contributed by atoms with Gasteiger partial charge in [0.25, 0.3) is 0 Å². The van der Waals surface area contributed by atoms with E-state index in [0.29, 0.717) is 18.3 Å². The number of hydrogen-bond acceptors (Lipinski definition) is 1. The highest BCUT2D eigenvalue weighted by atomic mass is 16.2. The highest BCUT2D eigenvalue weighted by Gasteiger charge is 2.22. The van der Waals surface area contributed by atoms with Crippen molar-refractivity contribution in [3.8, 4) is 0 Å². The van der Waals surface area contributed by atoms with Crippen LogP contribution in [-0.2, 0) is 17.6 Å². The molecular formula is C17H25NO. The number of amides is 1. The second-order valence-electron chi connectivity index (χ2n) is 6.32. The normalized spacial score (nSPS) is 19.2. The van der Waals surface area contributed by atoms with Crippen LogP contribution in [0.4, 0.5) is 0 Å². The molecule has 19 heavy (non-hydrogen) atoms. The Hall–Kier alpha value is -1.31. The molecule has 2 rings (SSSR count). The summed E-state index contributed by atoms with van der Waals surface area (Å²) in [5, 5.41) is 0. The van der Waals surface area contributed by atoms with E-state index >= 15 is 0 Å². The van der Waals surface area contributed by atoms with E-state index in [1.54, 1.807) is 0 Å². The monoisotopic (exact) mass is 259 g/mol. The molecular weight excluding hydrogens is 234 g/mol. The molecule has 1 atom stereocenters. The third-order valence-corrected chi connectivity index (χ3v) is 3.80. The number of hydrogen-bond donors (Lipinski definition) is 0. The van der Waals surface area contributed by atoms with E-state index in [0.717, 1.165) is 31.5 Å². The summed E-state index contributed by atoms with van der Waals surface area (Å²) in [4.78, 5) is 14.2. The first-order valence-corrected chi connectivity index (χ1v) is 7.40. The molecule has 0 aliphatic carbocycles. The molecule has 1 saturated heterocycles. The predicted molar refractivity (Wildman–Crippen MR) is 79.0 cm³/mol. The average Bonchev–Trinajstić information content (AvgIpc) is 2.78. The van der Waals surface area contributed by atoms with Gasteiger partial charge in [0.15, 0.2) is 0 Å². The number of likely N-dealkylation sites (tertiary alicyclic amines) is 1. The SMILES string of the molecule is CC(C)Cc1ccc(CC(=O)N2CCC(C)C2)cc1. The summed E-state index contributed by atoms with van der Waals surface area (Å²) in [7, 11) is 0. The fraction of sp³-hybridized carbons (Fsp3) is 0.588. The Morgan fingerprint density at radius 3 is 2.42 bits per heavy atom. The topological polar surface area (TPSA) is 20.3 Å². The number of carbonyl (C=O) groups excluding carboxylic acids is 1. The zero-order valence-corrected chi connectivity index (χ0v) is 12.4. The van der Waals surface area contributed by atoms with Gasteiger partial charge < -0.3 is 4.90 Å². The Labute approximate surface area is 116 Å². The van der Waals surface area contributed by atoms with Gasteiger partial charge in [-0.2, -0.15) is 0 Å². The van der Waals surface area contributed by atoms with Crippen LogP contribution in [0.2, 0.25) is 0 Å². The van der Waals surface area contributed by atoms with Crippen molar-refractivity contribution in [1.82, 2.24) is 4.90 Å². The van der Waals surface area contributed by atoms with Gasteiger partial charge >= 0.3 is 0 Å². The minimum Gasteiger partial charge on any atom is -0.342 e. The Morgan fingerprint density at radius 2 is 1.89 bits per heavy atom. The van der Waals surface area contributed by atoms with Gasteiger partial charge in [0, 0.05) is 13.1 Å². The molecule has 1 aromatic rings. The minimum atomic E-state index is 0.279. The van der Waals surface area contributed by atoms with Crippen LogP contribution in [0.5, 0.6) is 0 Å². The molecule has 1 unspecified atom stereocenters. The van der Waals surface area contributed by atoms with Gasteiger partial charge in [-0.15, -0.1) is 0 Å². The largest absolute Gasteiger partial charge is 0.342 e. The summed E-state index contributed by atoms with van der Waals surface area (Å²) in [5.74, 6) is 1.62. The van der Waals surface area contributed by atoms with E-state index in [2.05, 4.69) is 45.0 Å².